The summed E-state index contributed by atoms with van der Waals surface area (Å²) < 4.78 is 2.34. The fraction of sp³-hybridized carbons (Fsp3) is 0.417. The molecular weight excluding hydrogens is 360 g/mol. The normalized spacial score (nSPS) is 17.1. The van der Waals surface area contributed by atoms with Gasteiger partial charge in [-0.3, -0.25) is 4.79 Å². The first-order valence-corrected chi connectivity index (χ1v) is 10.4. The van der Waals surface area contributed by atoms with Crippen molar-refractivity contribution in [1.82, 2.24) is 14.5 Å². The SMILES string of the molecule is Cc1ccc(N2CC(c3nc4ccccc4n3CCCN(C)C)CC2=O)c(C)c1. The molecule has 5 heteroatoms. The van der Waals surface area contributed by atoms with Gasteiger partial charge in [0.05, 0.1) is 11.0 Å². The third-order valence-electron chi connectivity index (χ3n) is 5.80. The van der Waals surface area contributed by atoms with Crippen LogP contribution in [0.25, 0.3) is 11.0 Å². The van der Waals surface area contributed by atoms with Crippen LogP contribution in [0, 0.1) is 13.8 Å². The van der Waals surface area contributed by atoms with Crippen molar-refractivity contribution in [3.05, 3.63) is 59.4 Å². The van der Waals surface area contributed by atoms with Gasteiger partial charge in [0.2, 0.25) is 5.91 Å². The van der Waals surface area contributed by atoms with E-state index >= 15 is 0 Å². The molecule has 152 valence electrons. The third kappa shape index (κ3) is 3.92. The van der Waals surface area contributed by atoms with E-state index in [1.54, 1.807) is 0 Å². The number of hydrogen-bond donors (Lipinski definition) is 0. The highest BCUT2D eigenvalue weighted by Gasteiger charge is 2.35. The predicted molar refractivity (Wildman–Crippen MR) is 119 cm³/mol. The summed E-state index contributed by atoms with van der Waals surface area (Å²) in [6, 6.07) is 14.6. The van der Waals surface area contributed by atoms with Gasteiger partial charge in [0.1, 0.15) is 5.82 Å². The fourth-order valence-electron chi connectivity index (χ4n) is 4.41. The molecule has 4 rings (SSSR count). The van der Waals surface area contributed by atoms with Gasteiger partial charge < -0.3 is 14.4 Å². The number of para-hydroxylation sites is 2. The number of hydrogen-bond acceptors (Lipinski definition) is 3. The van der Waals surface area contributed by atoms with Crippen molar-refractivity contribution in [2.45, 2.75) is 39.2 Å². The predicted octanol–water partition coefficient (Wildman–Crippen LogP) is 4.13. The lowest BCUT2D eigenvalue weighted by Crippen LogP contribution is -2.25. The van der Waals surface area contributed by atoms with Gasteiger partial charge in [-0.1, -0.05) is 29.8 Å². The van der Waals surface area contributed by atoms with Crippen molar-refractivity contribution < 1.29 is 4.79 Å². The molecule has 1 unspecified atom stereocenters. The van der Waals surface area contributed by atoms with Crippen molar-refractivity contribution >= 4 is 22.6 Å². The van der Waals surface area contributed by atoms with E-state index in [2.05, 4.69) is 73.8 Å². The highest BCUT2D eigenvalue weighted by molar-refractivity contribution is 5.97. The first-order chi connectivity index (χ1) is 13.9. The molecule has 2 aromatic carbocycles. The maximum absolute atomic E-state index is 12.9. The molecule has 1 fully saturated rings. The molecule has 1 atom stereocenters. The molecule has 0 aliphatic carbocycles. The Morgan fingerprint density at radius 1 is 1.14 bits per heavy atom. The molecule has 29 heavy (non-hydrogen) atoms. The van der Waals surface area contributed by atoms with E-state index in [9.17, 15) is 4.79 Å². The fourth-order valence-corrected chi connectivity index (χ4v) is 4.41. The van der Waals surface area contributed by atoms with E-state index < -0.39 is 0 Å². The minimum atomic E-state index is 0.120. The molecule has 0 radical (unpaired) electrons. The number of imidazole rings is 1. The van der Waals surface area contributed by atoms with Crippen molar-refractivity contribution in [3.63, 3.8) is 0 Å². The highest BCUT2D eigenvalue weighted by Crippen LogP contribution is 2.34. The number of nitrogens with zero attached hydrogens (tertiary/aromatic N) is 4. The third-order valence-corrected chi connectivity index (χ3v) is 5.80. The summed E-state index contributed by atoms with van der Waals surface area (Å²) >= 11 is 0. The Morgan fingerprint density at radius 3 is 2.69 bits per heavy atom. The molecule has 1 amide bonds. The van der Waals surface area contributed by atoms with Crippen molar-refractivity contribution in [3.8, 4) is 0 Å². The lowest BCUT2D eigenvalue weighted by atomic mass is 10.1. The Hall–Kier alpha value is -2.66. The highest BCUT2D eigenvalue weighted by atomic mass is 16.2. The van der Waals surface area contributed by atoms with Crippen LogP contribution < -0.4 is 4.90 Å². The monoisotopic (exact) mass is 390 g/mol. The number of rotatable bonds is 6. The molecule has 1 aliphatic rings. The molecule has 3 aromatic rings. The standard InChI is InChI=1S/C24H30N4O/c1-17-10-11-21(18(2)14-17)28-16-19(15-23(28)29)24-25-20-8-5-6-9-22(20)27(24)13-7-12-26(3)4/h5-6,8-11,14,19H,7,12-13,15-16H2,1-4H3. The van der Waals surface area contributed by atoms with Crippen molar-refractivity contribution in [2.75, 3.05) is 32.1 Å². The van der Waals surface area contributed by atoms with Crippen LogP contribution in [0.4, 0.5) is 5.69 Å². The van der Waals surface area contributed by atoms with Crippen LogP contribution in [0.3, 0.4) is 0 Å². The van der Waals surface area contributed by atoms with Crippen LogP contribution >= 0.6 is 0 Å². The van der Waals surface area contributed by atoms with E-state index in [0.717, 1.165) is 42.1 Å². The van der Waals surface area contributed by atoms with Crippen LogP contribution in [-0.4, -0.2) is 47.5 Å². The Kier molecular flexibility index (Phi) is 5.41. The van der Waals surface area contributed by atoms with Crippen LogP contribution in [0.5, 0.6) is 0 Å². The topological polar surface area (TPSA) is 41.4 Å². The second-order valence-electron chi connectivity index (χ2n) is 8.46. The number of fused-ring (bicyclic) bond motifs is 1. The summed E-state index contributed by atoms with van der Waals surface area (Å²) in [4.78, 5) is 22.0. The minimum Gasteiger partial charge on any atom is -0.328 e. The lowest BCUT2D eigenvalue weighted by Gasteiger charge is -2.20. The van der Waals surface area contributed by atoms with Gasteiger partial charge in [-0.2, -0.15) is 0 Å². The number of amides is 1. The summed E-state index contributed by atoms with van der Waals surface area (Å²) in [5, 5.41) is 0. The molecule has 5 nitrogen and oxygen atoms in total. The Morgan fingerprint density at radius 2 is 1.93 bits per heavy atom. The van der Waals surface area contributed by atoms with E-state index in [1.165, 1.54) is 11.1 Å². The average Bonchev–Trinajstić information content (AvgIpc) is 3.22. The van der Waals surface area contributed by atoms with E-state index in [-0.39, 0.29) is 11.8 Å². The van der Waals surface area contributed by atoms with E-state index in [1.807, 2.05) is 11.0 Å². The number of aromatic nitrogens is 2. The Balaban J connectivity index is 1.65. The van der Waals surface area contributed by atoms with Crippen LogP contribution in [-0.2, 0) is 11.3 Å². The smallest absolute Gasteiger partial charge is 0.227 e. The van der Waals surface area contributed by atoms with Crippen LogP contribution in [0.15, 0.2) is 42.5 Å². The Bertz CT molecular complexity index is 1040. The van der Waals surface area contributed by atoms with Gasteiger partial charge in [-0.15, -0.1) is 0 Å². The number of carbonyl (C=O) groups excluding carboxylic acids is 1. The van der Waals surface area contributed by atoms with Gasteiger partial charge >= 0.3 is 0 Å². The molecule has 0 spiro atoms. The zero-order valence-corrected chi connectivity index (χ0v) is 17.9. The van der Waals surface area contributed by atoms with Crippen molar-refractivity contribution in [1.29, 1.82) is 0 Å². The number of benzene rings is 2. The van der Waals surface area contributed by atoms with Gasteiger partial charge in [-0.25, -0.2) is 4.98 Å². The lowest BCUT2D eigenvalue weighted by molar-refractivity contribution is -0.117. The molecule has 2 heterocycles. The molecule has 0 N–H and O–H groups in total. The molecule has 0 bridgehead atoms. The zero-order chi connectivity index (χ0) is 20.5. The average molecular weight is 391 g/mol. The van der Waals surface area contributed by atoms with Crippen LogP contribution in [0.1, 0.15) is 35.7 Å². The molecule has 0 saturated carbocycles. The number of carbonyl (C=O) groups is 1. The summed E-state index contributed by atoms with van der Waals surface area (Å²) in [5.74, 6) is 1.36. The summed E-state index contributed by atoms with van der Waals surface area (Å²) in [6.07, 6.45) is 1.58. The molecular formula is C24H30N4O. The summed E-state index contributed by atoms with van der Waals surface area (Å²) in [5.41, 5.74) is 5.58. The van der Waals surface area contributed by atoms with Gasteiger partial charge in [-0.05, 0) is 64.7 Å². The number of anilines is 1. The molecule has 1 aliphatic heterocycles. The van der Waals surface area contributed by atoms with Gasteiger partial charge in [0, 0.05) is 31.1 Å². The largest absolute Gasteiger partial charge is 0.328 e. The maximum Gasteiger partial charge on any atom is 0.227 e. The van der Waals surface area contributed by atoms with Gasteiger partial charge in [0.25, 0.3) is 0 Å². The second-order valence-corrected chi connectivity index (χ2v) is 8.46. The molecule has 1 saturated heterocycles. The minimum absolute atomic E-state index is 0.120. The second kappa shape index (κ2) is 7.99. The van der Waals surface area contributed by atoms with E-state index in [0.29, 0.717) is 13.0 Å². The summed E-state index contributed by atoms with van der Waals surface area (Å²) in [7, 11) is 4.20. The molecule has 1 aromatic heterocycles. The summed E-state index contributed by atoms with van der Waals surface area (Å²) in [6.45, 7) is 6.81. The quantitative estimate of drug-likeness (QED) is 0.636. The zero-order valence-electron chi connectivity index (χ0n) is 17.9. The Labute approximate surface area is 172 Å². The maximum atomic E-state index is 12.9. The number of aryl methyl sites for hydroxylation is 3. The van der Waals surface area contributed by atoms with E-state index in [4.69, 9.17) is 4.98 Å². The van der Waals surface area contributed by atoms with Crippen LogP contribution in [0.2, 0.25) is 0 Å². The van der Waals surface area contributed by atoms with Gasteiger partial charge in [0.15, 0.2) is 0 Å². The van der Waals surface area contributed by atoms with Crippen molar-refractivity contribution in [2.24, 2.45) is 0 Å². The first kappa shape index (κ1) is 19.6. The first-order valence-electron chi connectivity index (χ1n) is 10.4.